The summed E-state index contributed by atoms with van der Waals surface area (Å²) >= 11 is 0. The van der Waals surface area contributed by atoms with Gasteiger partial charge in [-0.15, -0.1) is 5.10 Å². The zero-order valence-corrected chi connectivity index (χ0v) is 18.1. The first kappa shape index (κ1) is 21.8. The van der Waals surface area contributed by atoms with Crippen LogP contribution in [-0.4, -0.2) is 42.4 Å². The molecule has 12 heteroatoms. The summed E-state index contributed by atoms with van der Waals surface area (Å²) in [6, 6.07) is 7.73. The average molecular weight is 467 g/mol. The fourth-order valence-corrected chi connectivity index (χ4v) is 3.97. The summed E-state index contributed by atoms with van der Waals surface area (Å²) in [4.78, 5) is 37.5. The Morgan fingerprint density at radius 1 is 1.21 bits per heavy atom. The number of benzene rings is 1. The Hall–Kier alpha value is -4.03. The molecule has 12 nitrogen and oxygen atoms in total. The van der Waals surface area contributed by atoms with Gasteiger partial charge in [-0.1, -0.05) is 5.21 Å². The Labute approximate surface area is 191 Å². The van der Waals surface area contributed by atoms with E-state index in [9.17, 15) is 19.5 Å². The molecule has 1 fully saturated rings. The summed E-state index contributed by atoms with van der Waals surface area (Å²) < 4.78 is 19.7. The van der Waals surface area contributed by atoms with Gasteiger partial charge in [-0.2, -0.15) is 0 Å². The van der Waals surface area contributed by atoms with Crippen LogP contribution in [0, 0.1) is 6.92 Å². The molecule has 2 N–H and O–H groups in total. The van der Waals surface area contributed by atoms with E-state index in [2.05, 4.69) is 15.3 Å². The van der Waals surface area contributed by atoms with Crippen LogP contribution in [0.15, 0.2) is 61.5 Å². The van der Waals surface area contributed by atoms with Crippen molar-refractivity contribution in [1.82, 2.24) is 24.5 Å². The number of nitrogens with zero attached hydrogens (tertiary/aromatic N) is 4. The van der Waals surface area contributed by atoms with E-state index in [0.717, 1.165) is 5.39 Å². The van der Waals surface area contributed by atoms with Gasteiger partial charge >= 0.3 is 11.3 Å². The molecular formula is C22H21N5O7. The highest BCUT2D eigenvalue weighted by molar-refractivity contribution is 5.77. The molecule has 0 saturated carbocycles. The average Bonchev–Trinajstić information content (AvgIpc) is 3.47. The molecular weight excluding hydrogens is 446 g/mol. The van der Waals surface area contributed by atoms with Gasteiger partial charge in [0.15, 0.2) is 0 Å². The molecule has 0 spiro atoms. The van der Waals surface area contributed by atoms with Gasteiger partial charge in [0.1, 0.15) is 36.0 Å². The first-order valence-corrected chi connectivity index (χ1v) is 10.6. The number of fused-ring (bicyclic) bond motifs is 1. The lowest BCUT2D eigenvalue weighted by Crippen LogP contribution is -2.33. The van der Waals surface area contributed by atoms with Gasteiger partial charge in [-0.05, 0) is 31.2 Å². The summed E-state index contributed by atoms with van der Waals surface area (Å²) in [5.41, 5.74) is -0.0575. The lowest BCUT2D eigenvalue weighted by Gasteiger charge is -2.15. The van der Waals surface area contributed by atoms with Crippen molar-refractivity contribution < 1.29 is 19.0 Å². The number of H-pyrrole nitrogens is 1. The van der Waals surface area contributed by atoms with Crippen LogP contribution in [0.5, 0.6) is 5.75 Å². The quantitative estimate of drug-likeness (QED) is 0.389. The minimum Gasteiger partial charge on any atom is -0.487 e. The van der Waals surface area contributed by atoms with Crippen LogP contribution in [0.4, 0.5) is 0 Å². The molecule has 1 aliphatic rings. The van der Waals surface area contributed by atoms with E-state index in [0.29, 0.717) is 29.0 Å². The number of aliphatic hydroxyl groups excluding tert-OH is 1. The lowest BCUT2D eigenvalue weighted by atomic mass is 10.1. The van der Waals surface area contributed by atoms with Gasteiger partial charge in [0, 0.05) is 29.6 Å². The van der Waals surface area contributed by atoms with Crippen LogP contribution in [0.2, 0.25) is 0 Å². The molecule has 1 aromatic carbocycles. The van der Waals surface area contributed by atoms with Crippen molar-refractivity contribution in [2.75, 3.05) is 6.61 Å². The normalized spacial score (nSPS) is 20.1. The van der Waals surface area contributed by atoms with Gasteiger partial charge in [0.25, 0.3) is 5.56 Å². The summed E-state index contributed by atoms with van der Waals surface area (Å²) in [6.07, 6.45) is 2.19. The van der Waals surface area contributed by atoms with Crippen LogP contribution in [0.25, 0.3) is 11.0 Å². The van der Waals surface area contributed by atoms with Crippen LogP contribution in [0.3, 0.4) is 0 Å². The van der Waals surface area contributed by atoms with Gasteiger partial charge in [0.2, 0.25) is 0 Å². The summed E-state index contributed by atoms with van der Waals surface area (Å²) in [5, 5.41) is 18.8. The second-order valence-corrected chi connectivity index (χ2v) is 8.03. The molecule has 0 aliphatic carbocycles. The Kier molecular flexibility index (Phi) is 5.59. The number of aromatic nitrogens is 5. The largest absolute Gasteiger partial charge is 0.487 e. The lowest BCUT2D eigenvalue weighted by molar-refractivity contribution is -0.0323. The molecule has 5 rings (SSSR count). The Balaban J connectivity index is 1.30. The van der Waals surface area contributed by atoms with E-state index in [4.69, 9.17) is 13.9 Å². The minimum atomic E-state index is -0.674. The number of aliphatic hydroxyl groups is 1. The predicted molar refractivity (Wildman–Crippen MR) is 118 cm³/mol. The molecule has 3 atom stereocenters. The van der Waals surface area contributed by atoms with Crippen LogP contribution in [-0.2, 0) is 11.3 Å². The Morgan fingerprint density at radius 2 is 2.06 bits per heavy atom. The van der Waals surface area contributed by atoms with Crippen LogP contribution in [0.1, 0.15) is 29.9 Å². The van der Waals surface area contributed by atoms with Crippen molar-refractivity contribution in [2.24, 2.45) is 0 Å². The fraction of sp³-hybridized carbons (Fsp3) is 0.318. The van der Waals surface area contributed by atoms with Crippen LogP contribution >= 0.6 is 0 Å². The molecule has 0 radical (unpaired) electrons. The van der Waals surface area contributed by atoms with Crippen molar-refractivity contribution in [3.8, 4) is 5.75 Å². The number of rotatable bonds is 6. The number of aryl methyl sites for hydroxylation is 1. The fourth-order valence-electron chi connectivity index (χ4n) is 3.97. The first-order chi connectivity index (χ1) is 16.4. The van der Waals surface area contributed by atoms with E-state index < -0.39 is 29.2 Å². The monoisotopic (exact) mass is 467 g/mol. The van der Waals surface area contributed by atoms with E-state index in [1.807, 2.05) is 0 Å². The second-order valence-electron chi connectivity index (χ2n) is 8.03. The number of nitrogens with one attached hydrogen (secondary N) is 1. The van der Waals surface area contributed by atoms with Gasteiger partial charge in [-0.25, -0.2) is 14.3 Å². The summed E-state index contributed by atoms with van der Waals surface area (Å²) in [6.45, 7) is 1.46. The minimum absolute atomic E-state index is 0.141. The molecule has 34 heavy (non-hydrogen) atoms. The van der Waals surface area contributed by atoms with Gasteiger partial charge in [-0.3, -0.25) is 14.3 Å². The molecule has 3 aromatic heterocycles. The van der Waals surface area contributed by atoms with Crippen molar-refractivity contribution in [3.63, 3.8) is 0 Å². The van der Waals surface area contributed by atoms with Crippen molar-refractivity contribution >= 4 is 11.0 Å². The van der Waals surface area contributed by atoms with Gasteiger partial charge < -0.3 is 19.0 Å². The standard InChI is InChI=1S/C22H21N5O7/c1-12-8-26(22(31)23-21(12)30)19-7-16(18(10-28)33-19)27-9-14(24-25-27)11-32-15-3-4-17-13(6-15)2-5-20(29)34-17/h2-6,8-9,16,18-19,28H,7,10-11H2,1H3,(H,23,30,31). The molecule has 3 unspecified atom stereocenters. The van der Waals surface area contributed by atoms with E-state index in [1.54, 1.807) is 42.1 Å². The smallest absolute Gasteiger partial charge is 0.336 e. The molecule has 0 bridgehead atoms. The number of ether oxygens (including phenoxy) is 2. The number of hydrogen-bond acceptors (Lipinski definition) is 9. The van der Waals surface area contributed by atoms with Crippen LogP contribution < -0.4 is 21.6 Å². The maximum Gasteiger partial charge on any atom is 0.336 e. The van der Waals surface area contributed by atoms with E-state index in [-0.39, 0.29) is 19.3 Å². The zero-order valence-electron chi connectivity index (χ0n) is 18.1. The third-order valence-electron chi connectivity index (χ3n) is 5.72. The molecule has 1 aliphatic heterocycles. The predicted octanol–water partition coefficient (Wildman–Crippen LogP) is 0.643. The van der Waals surface area contributed by atoms with Crippen molar-refractivity contribution in [2.45, 2.75) is 38.3 Å². The SMILES string of the molecule is Cc1cn(C2CC(n3cc(COc4ccc5oc(=O)ccc5c4)nn3)C(CO)O2)c(=O)[nH]c1=O. The molecule has 176 valence electrons. The highest BCUT2D eigenvalue weighted by Crippen LogP contribution is 2.35. The topological polar surface area (TPSA) is 154 Å². The molecule has 1 saturated heterocycles. The first-order valence-electron chi connectivity index (χ1n) is 10.6. The zero-order chi connectivity index (χ0) is 23.8. The highest BCUT2D eigenvalue weighted by Gasteiger charge is 2.38. The highest BCUT2D eigenvalue weighted by atomic mass is 16.5. The number of aromatic amines is 1. The maximum atomic E-state index is 12.2. The Morgan fingerprint density at radius 3 is 2.88 bits per heavy atom. The van der Waals surface area contributed by atoms with E-state index in [1.165, 1.54) is 16.8 Å². The molecule has 0 amide bonds. The molecule has 4 aromatic rings. The summed E-state index contributed by atoms with van der Waals surface area (Å²) in [5.74, 6) is 0.571. The van der Waals surface area contributed by atoms with Crippen molar-refractivity contribution in [1.29, 1.82) is 0 Å². The molecule has 4 heterocycles. The van der Waals surface area contributed by atoms with Crippen molar-refractivity contribution in [3.05, 3.63) is 85.2 Å². The Bertz CT molecular complexity index is 1520. The summed E-state index contributed by atoms with van der Waals surface area (Å²) in [7, 11) is 0. The third-order valence-corrected chi connectivity index (χ3v) is 5.72. The third kappa shape index (κ3) is 4.16. The van der Waals surface area contributed by atoms with Gasteiger partial charge in [0.05, 0.1) is 18.8 Å². The second kappa shape index (κ2) is 8.72. The number of hydrogen-bond donors (Lipinski definition) is 2. The maximum absolute atomic E-state index is 12.2. The van der Waals surface area contributed by atoms with E-state index >= 15 is 0 Å².